The van der Waals surface area contributed by atoms with E-state index in [-0.39, 0.29) is 6.71 Å². The molecule has 0 aliphatic carbocycles. The minimum Gasteiger partial charge on any atom is -0.282 e. The van der Waals surface area contributed by atoms with Crippen molar-refractivity contribution < 1.29 is 0 Å². The summed E-state index contributed by atoms with van der Waals surface area (Å²) < 4.78 is 4.32. The average molecular weight is 622 g/mol. The smallest absolute Gasteiger partial charge is 0.248 e. The van der Waals surface area contributed by atoms with E-state index >= 15 is 0 Å². The van der Waals surface area contributed by atoms with Crippen LogP contribution in [0.25, 0.3) is 33.7 Å². The number of rotatable bonds is 6. The van der Waals surface area contributed by atoms with E-state index in [2.05, 4.69) is 84.2 Å². The van der Waals surface area contributed by atoms with Crippen LogP contribution in [-0.2, 0) is 12.8 Å². The Bertz CT molecular complexity index is 2140. The van der Waals surface area contributed by atoms with E-state index < -0.39 is 0 Å². The first-order valence-corrected chi connectivity index (χ1v) is 17.1. The molecule has 7 aromatic rings. The summed E-state index contributed by atoms with van der Waals surface area (Å²) in [5.41, 5.74) is 10.7. The fourth-order valence-corrected chi connectivity index (χ4v) is 9.56. The van der Waals surface area contributed by atoms with Gasteiger partial charge in [-0.2, -0.15) is 0 Å². The van der Waals surface area contributed by atoms with Gasteiger partial charge in [-0.05, 0) is 64.6 Å². The first-order chi connectivity index (χ1) is 22.2. The molecule has 0 unspecified atom stereocenters. The Kier molecular flexibility index (Phi) is 6.35. The van der Waals surface area contributed by atoms with Crippen molar-refractivity contribution in [1.29, 1.82) is 0 Å². The molecule has 5 aromatic heterocycles. The van der Waals surface area contributed by atoms with Crippen molar-refractivity contribution in [3.63, 3.8) is 0 Å². The van der Waals surface area contributed by atoms with Crippen LogP contribution in [0.5, 0.6) is 0 Å². The Morgan fingerprint density at radius 2 is 1.11 bits per heavy atom. The summed E-state index contributed by atoms with van der Waals surface area (Å²) in [6.45, 7) is 4.54. The third-order valence-electron chi connectivity index (χ3n) is 8.87. The predicted molar refractivity (Wildman–Crippen MR) is 183 cm³/mol. The van der Waals surface area contributed by atoms with Crippen LogP contribution in [0.4, 0.5) is 0 Å². The molecule has 7 heterocycles. The predicted octanol–water partition coefficient (Wildman–Crippen LogP) is 5.90. The van der Waals surface area contributed by atoms with Crippen LogP contribution in [-0.4, -0.2) is 40.8 Å². The van der Waals surface area contributed by atoms with Crippen LogP contribution < -0.4 is 16.4 Å². The minimum atomic E-state index is 0.0432. The summed E-state index contributed by atoms with van der Waals surface area (Å²) in [6, 6.07) is 16.6. The average Bonchev–Trinajstić information content (AvgIpc) is 3.70. The number of benzene rings is 2. The second kappa shape index (κ2) is 10.6. The fraction of sp³-hybridized carbons (Fsp3) is 0.171. The van der Waals surface area contributed by atoms with Crippen LogP contribution in [0, 0.1) is 0 Å². The number of nitrogens with zero attached hydrogens (tertiary/aromatic N) is 7. The van der Waals surface area contributed by atoms with Crippen LogP contribution in [0.2, 0.25) is 0 Å². The topological polar surface area (TPSA) is 74.3 Å². The molecule has 218 valence electrons. The standard InChI is InChI=1S/C35H28BN7S2/c1-3-9-21-15-37-17-27-29(21)36-30-22(10-4-2)16-38-18-28(30)45-33-31(36)32(44-27)34(42-19-39-23-11-5-7-13-25(23)42)41-35(33)43-20-40-24-12-6-8-14-26(24)43/h5-8,11-20H,3-4,9-10H2,1-2H3. The van der Waals surface area contributed by atoms with Crippen molar-refractivity contribution in [1.82, 2.24) is 34.1 Å². The summed E-state index contributed by atoms with van der Waals surface area (Å²) in [5, 5.41) is 0. The number of fused-ring (bicyclic) bond motifs is 6. The molecule has 0 atom stereocenters. The number of aryl methyl sites for hydroxylation is 2. The molecule has 0 saturated heterocycles. The first kappa shape index (κ1) is 27.0. The highest BCUT2D eigenvalue weighted by Gasteiger charge is 2.44. The largest absolute Gasteiger partial charge is 0.282 e. The first-order valence-electron chi connectivity index (χ1n) is 15.5. The van der Waals surface area contributed by atoms with Crippen LogP contribution in [0.1, 0.15) is 37.8 Å². The second-order valence-corrected chi connectivity index (χ2v) is 13.7. The molecule has 0 spiro atoms. The number of pyridine rings is 3. The molecule has 9 rings (SSSR count). The van der Waals surface area contributed by atoms with Crippen LogP contribution >= 0.6 is 23.5 Å². The zero-order chi connectivity index (χ0) is 30.1. The summed E-state index contributed by atoms with van der Waals surface area (Å²) in [7, 11) is 0. The summed E-state index contributed by atoms with van der Waals surface area (Å²) in [6.07, 6.45) is 16.2. The normalized spacial score (nSPS) is 13.2. The van der Waals surface area contributed by atoms with E-state index in [9.17, 15) is 0 Å². The number of para-hydroxylation sites is 4. The lowest BCUT2D eigenvalue weighted by atomic mass is 9.35. The van der Waals surface area contributed by atoms with Gasteiger partial charge in [0.05, 0.1) is 31.9 Å². The lowest BCUT2D eigenvalue weighted by molar-refractivity contribution is 0.901. The minimum absolute atomic E-state index is 0.0432. The molecule has 0 amide bonds. The van der Waals surface area contributed by atoms with Gasteiger partial charge in [0.2, 0.25) is 6.71 Å². The highest BCUT2D eigenvalue weighted by atomic mass is 32.2. The van der Waals surface area contributed by atoms with Crippen LogP contribution in [0.3, 0.4) is 0 Å². The Morgan fingerprint density at radius 3 is 1.60 bits per heavy atom. The maximum Gasteiger partial charge on any atom is 0.248 e. The third-order valence-corrected chi connectivity index (χ3v) is 11.2. The lowest BCUT2D eigenvalue weighted by Gasteiger charge is -2.36. The molecule has 45 heavy (non-hydrogen) atoms. The Balaban J connectivity index is 1.43. The Morgan fingerprint density at radius 1 is 0.622 bits per heavy atom. The van der Waals surface area contributed by atoms with Gasteiger partial charge in [0, 0.05) is 34.6 Å². The molecule has 7 nitrogen and oxygen atoms in total. The maximum atomic E-state index is 5.54. The molecule has 10 heteroatoms. The van der Waals surface area contributed by atoms with Crippen molar-refractivity contribution in [3.05, 3.63) is 97.1 Å². The molecular formula is C35H28BN7S2. The molecule has 2 aliphatic rings. The quantitative estimate of drug-likeness (QED) is 0.214. The Hall–Kier alpha value is -4.41. The highest BCUT2D eigenvalue weighted by Crippen LogP contribution is 2.44. The highest BCUT2D eigenvalue weighted by molar-refractivity contribution is 8.01. The molecule has 0 radical (unpaired) electrons. The van der Waals surface area contributed by atoms with E-state index in [1.807, 2.05) is 24.8 Å². The summed E-state index contributed by atoms with van der Waals surface area (Å²) in [4.78, 5) is 29.4. The van der Waals surface area contributed by atoms with Crippen molar-refractivity contribution in [2.24, 2.45) is 0 Å². The van der Waals surface area contributed by atoms with Gasteiger partial charge in [-0.1, -0.05) is 74.5 Å². The van der Waals surface area contributed by atoms with E-state index in [1.54, 1.807) is 23.5 Å². The molecule has 2 aromatic carbocycles. The van der Waals surface area contributed by atoms with Crippen LogP contribution in [0.15, 0.2) is 106 Å². The van der Waals surface area contributed by atoms with Gasteiger partial charge in [-0.25, -0.2) is 15.0 Å². The maximum absolute atomic E-state index is 5.54. The molecule has 0 bridgehead atoms. The van der Waals surface area contributed by atoms with Gasteiger partial charge < -0.3 is 0 Å². The number of hydrogen-bond donors (Lipinski definition) is 0. The monoisotopic (exact) mass is 621 g/mol. The van der Waals surface area contributed by atoms with Gasteiger partial charge in [-0.3, -0.25) is 19.1 Å². The van der Waals surface area contributed by atoms with E-state index in [0.29, 0.717) is 0 Å². The molecular weight excluding hydrogens is 593 g/mol. The molecule has 0 N–H and O–H groups in total. The van der Waals surface area contributed by atoms with Crippen molar-refractivity contribution in [2.75, 3.05) is 0 Å². The number of imidazole rings is 2. The van der Waals surface area contributed by atoms with E-state index in [4.69, 9.17) is 24.9 Å². The lowest BCUT2D eigenvalue weighted by Crippen LogP contribution is -2.60. The zero-order valence-electron chi connectivity index (χ0n) is 24.9. The molecule has 0 fully saturated rings. The second-order valence-electron chi connectivity index (χ2n) is 11.6. The summed E-state index contributed by atoms with van der Waals surface area (Å²) >= 11 is 3.60. The number of hydrogen-bond acceptors (Lipinski definition) is 7. The van der Waals surface area contributed by atoms with E-state index in [0.717, 1.165) is 69.2 Å². The van der Waals surface area contributed by atoms with Gasteiger partial charge in [0.1, 0.15) is 12.7 Å². The summed E-state index contributed by atoms with van der Waals surface area (Å²) in [5.74, 6) is 1.76. The van der Waals surface area contributed by atoms with Crippen molar-refractivity contribution >= 4 is 68.7 Å². The third kappa shape index (κ3) is 4.05. The van der Waals surface area contributed by atoms with Gasteiger partial charge in [0.25, 0.3) is 0 Å². The molecule has 2 aliphatic heterocycles. The number of aromatic nitrogens is 7. The van der Waals surface area contributed by atoms with Crippen molar-refractivity contribution in [2.45, 2.75) is 59.1 Å². The van der Waals surface area contributed by atoms with Gasteiger partial charge in [0.15, 0.2) is 11.6 Å². The molecule has 0 saturated carbocycles. The zero-order valence-corrected chi connectivity index (χ0v) is 26.6. The fourth-order valence-electron chi connectivity index (χ4n) is 6.98. The Labute approximate surface area is 269 Å². The van der Waals surface area contributed by atoms with Gasteiger partial charge >= 0.3 is 0 Å². The van der Waals surface area contributed by atoms with Gasteiger partial charge in [-0.15, -0.1) is 0 Å². The van der Waals surface area contributed by atoms with Crippen molar-refractivity contribution in [3.8, 4) is 11.6 Å². The SMILES string of the molecule is CCCc1cncc2c1B1c3c(CCC)cncc3Sc3c(-n4cnc5ccccc54)nc(-n4cnc5ccccc54)c(c31)S2. The van der Waals surface area contributed by atoms with E-state index in [1.165, 1.54) is 37.3 Å².